The van der Waals surface area contributed by atoms with Crippen LogP contribution in [0.5, 0.6) is 0 Å². The maximum atomic E-state index is 12.0. The Morgan fingerprint density at radius 1 is 1.00 bits per heavy atom. The van der Waals surface area contributed by atoms with E-state index in [1.807, 2.05) is 5.16 Å². The molecule has 3 heterocycles. The molecule has 0 unspecified atom stereocenters. The Hall–Kier alpha value is -3.84. The second-order valence-electron chi connectivity index (χ2n) is 5.01. The molecule has 0 aromatic carbocycles. The second-order valence-corrected chi connectivity index (χ2v) is 5.01. The Morgan fingerprint density at radius 3 is 2.27 bits per heavy atom. The third-order valence-corrected chi connectivity index (χ3v) is 3.24. The number of anilines is 1. The third-order valence-electron chi connectivity index (χ3n) is 3.24. The minimum Gasteiger partial charge on any atom is -0.355 e. The van der Waals surface area contributed by atoms with Crippen LogP contribution in [0.4, 0.5) is 5.82 Å². The summed E-state index contributed by atoms with van der Waals surface area (Å²) >= 11 is 0. The largest absolute Gasteiger partial charge is 0.355 e. The predicted octanol–water partition coefficient (Wildman–Crippen LogP) is -1.05. The zero-order valence-electron chi connectivity index (χ0n) is 13.5. The number of nitrogens with zero attached hydrogens (tertiary/aromatic N) is 6. The summed E-state index contributed by atoms with van der Waals surface area (Å²) in [6.07, 6.45) is 0. The van der Waals surface area contributed by atoms with Crippen LogP contribution in [0.15, 0.2) is 18.7 Å². The van der Waals surface area contributed by atoms with E-state index in [0.717, 1.165) is 0 Å². The zero-order valence-corrected chi connectivity index (χ0v) is 13.5. The van der Waals surface area contributed by atoms with Crippen LogP contribution in [-0.2, 0) is 9.59 Å². The topological polar surface area (TPSA) is 186 Å². The van der Waals surface area contributed by atoms with Crippen molar-refractivity contribution in [1.82, 2.24) is 36.3 Å². The van der Waals surface area contributed by atoms with E-state index in [2.05, 4.69) is 40.4 Å². The molecule has 0 aliphatic carbocycles. The first-order valence-corrected chi connectivity index (χ1v) is 7.21. The van der Waals surface area contributed by atoms with Gasteiger partial charge in [-0.1, -0.05) is 0 Å². The van der Waals surface area contributed by atoms with Crippen LogP contribution < -0.4 is 15.8 Å². The van der Waals surface area contributed by atoms with Crippen molar-refractivity contribution in [2.24, 2.45) is 0 Å². The summed E-state index contributed by atoms with van der Waals surface area (Å²) in [6.45, 7) is 2.93. The highest BCUT2D eigenvalue weighted by Gasteiger charge is 2.29. The first-order valence-electron chi connectivity index (χ1n) is 7.21. The summed E-state index contributed by atoms with van der Waals surface area (Å²) in [4.78, 5) is 35.9. The molecule has 0 fully saturated rings. The van der Waals surface area contributed by atoms with Crippen LogP contribution in [0.1, 0.15) is 13.8 Å². The van der Waals surface area contributed by atoms with Crippen molar-refractivity contribution in [3.63, 3.8) is 0 Å². The lowest BCUT2D eigenvalue weighted by Gasteiger charge is -2.18. The van der Waals surface area contributed by atoms with E-state index < -0.39 is 5.56 Å². The molecule has 26 heavy (non-hydrogen) atoms. The molecule has 2 amide bonds. The van der Waals surface area contributed by atoms with Gasteiger partial charge < -0.3 is 5.32 Å². The lowest BCUT2D eigenvalue weighted by atomic mass is 10.2. The molecule has 2 N–H and O–H groups in total. The van der Waals surface area contributed by atoms with Crippen LogP contribution in [-0.4, -0.2) is 55.8 Å². The number of rotatable bonds is 6. The Kier molecular flexibility index (Phi) is 4.55. The average Bonchev–Trinajstić information content (AvgIpc) is 3.30. The zero-order chi connectivity index (χ0) is 18.7. The summed E-state index contributed by atoms with van der Waals surface area (Å²) in [6, 6.07) is 0. The molecular weight excluding hydrogens is 352 g/mol. The minimum absolute atomic E-state index is 0.00155. The van der Waals surface area contributed by atoms with Crippen LogP contribution in [0.3, 0.4) is 0 Å². The van der Waals surface area contributed by atoms with Gasteiger partial charge in [0.15, 0.2) is 17.1 Å². The van der Waals surface area contributed by atoms with Crippen molar-refractivity contribution in [1.29, 1.82) is 0 Å². The fraction of sp³-hybridized carbons (Fsp3) is 0.333. The van der Waals surface area contributed by atoms with Crippen LogP contribution >= 0.6 is 0 Å². The van der Waals surface area contributed by atoms with Gasteiger partial charge in [0.05, 0.1) is 0 Å². The standard InChI is InChI=1S/C12H12N8O6/c1-5(21)13-3-4-20(6(2)22)11-9(16-25-18-11)7-8(15-24-14-7)10-12(23)19-26-17-10/h3-4H2,1-2H3,(H,13,21)(H,19,23). The van der Waals surface area contributed by atoms with Gasteiger partial charge in [0, 0.05) is 26.9 Å². The molecular formula is C12H12N8O6. The third kappa shape index (κ3) is 3.19. The molecule has 0 spiro atoms. The summed E-state index contributed by atoms with van der Waals surface area (Å²) < 4.78 is 13.8. The minimum atomic E-state index is -0.658. The highest BCUT2D eigenvalue weighted by atomic mass is 16.6. The number of carbonyl (C=O) groups is 2. The molecule has 3 aromatic rings. The molecule has 0 aliphatic rings. The van der Waals surface area contributed by atoms with Gasteiger partial charge in [0.25, 0.3) is 0 Å². The van der Waals surface area contributed by atoms with Crippen molar-refractivity contribution >= 4 is 17.6 Å². The smallest absolute Gasteiger partial charge is 0.310 e. The fourth-order valence-electron chi connectivity index (χ4n) is 2.12. The van der Waals surface area contributed by atoms with Gasteiger partial charge in [-0.3, -0.25) is 23.9 Å². The maximum Gasteiger partial charge on any atom is 0.310 e. The highest BCUT2D eigenvalue weighted by molar-refractivity contribution is 5.94. The van der Waals surface area contributed by atoms with Gasteiger partial charge in [-0.05, 0) is 25.8 Å². The van der Waals surface area contributed by atoms with E-state index in [0.29, 0.717) is 0 Å². The summed E-state index contributed by atoms with van der Waals surface area (Å²) in [5, 5.41) is 22.8. The molecule has 3 rings (SSSR count). The number of amides is 2. The molecule has 0 radical (unpaired) electrons. The Morgan fingerprint density at radius 2 is 1.65 bits per heavy atom. The number of nitrogens with one attached hydrogen (secondary N) is 2. The van der Waals surface area contributed by atoms with E-state index in [-0.39, 0.29) is 53.5 Å². The Balaban J connectivity index is 1.97. The SMILES string of the molecule is CC(=O)NCCN(C(C)=O)c1nonc1-c1nonc1-c1no[nH]c1=O. The van der Waals surface area contributed by atoms with E-state index in [1.165, 1.54) is 18.7 Å². The van der Waals surface area contributed by atoms with Crippen LogP contribution in [0.25, 0.3) is 22.8 Å². The van der Waals surface area contributed by atoms with E-state index in [9.17, 15) is 14.4 Å². The number of H-pyrrole nitrogens is 1. The van der Waals surface area contributed by atoms with Gasteiger partial charge >= 0.3 is 5.56 Å². The Labute approximate surface area is 143 Å². The van der Waals surface area contributed by atoms with Crippen molar-refractivity contribution < 1.29 is 23.5 Å². The normalized spacial score (nSPS) is 10.7. The summed E-state index contributed by atoms with van der Waals surface area (Å²) in [5.74, 6) is -0.621. The first kappa shape index (κ1) is 17.0. The predicted molar refractivity (Wildman–Crippen MR) is 80.4 cm³/mol. The Bertz CT molecular complexity index is 984. The first-order chi connectivity index (χ1) is 12.5. The van der Waals surface area contributed by atoms with E-state index >= 15 is 0 Å². The van der Waals surface area contributed by atoms with Gasteiger partial charge in [-0.15, -0.1) is 0 Å². The molecule has 136 valence electrons. The van der Waals surface area contributed by atoms with Crippen molar-refractivity contribution in [3.8, 4) is 22.8 Å². The quantitative estimate of drug-likeness (QED) is 0.543. The summed E-state index contributed by atoms with van der Waals surface area (Å²) in [7, 11) is 0. The van der Waals surface area contributed by atoms with Crippen molar-refractivity contribution in [2.45, 2.75) is 13.8 Å². The number of carbonyl (C=O) groups excluding carboxylic acids is 2. The second kappa shape index (κ2) is 6.96. The number of aromatic amines is 1. The highest BCUT2D eigenvalue weighted by Crippen LogP contribution is 2.31. The van der Waals surface area contributed by atoms with Gasteiger partial charge in [-0.25, -0.2) is 9.26 Å². The monoisotopic (exact) mass is 364 g/mol. The fourth-order valence-corrected chi connectivity index (χ4v) is 2.12. The van der Waals surface area contributed by atoms with Gasteiger partial charge in [0.1, 0.15) is 0 Å². The van der Waals surface area contributed by atoms with Crippen LogP contribution in [0.2, 0.25) is 0 Å². The molecule has 0 aliphatic heterocycles. The molecule has 14 nitrogen and oxygen atoms in total. The maximum absolute atomic E-state index is 12.0. The average molecular weight is 364 g/mol. The van der Waals surface area contributed by atoms with Gasteiger partial charge in [-0.2, -0.15) is 5.16 Å². The van der Waals surface area contributed by atoms with Crippen molar-refractivity contribution in [2.75, 3.05) is 18.0 Å². The van der Waals surface area contributed by atoms with Crippen molar-refractivity contribution in [3.05, 3.63) is 10.4 Å². The lowest BCUT2D eigenvalue weighted by molar-refractivity contribution is -0.119. The molecule has 0 saturated carbocycles. The molecule has 0 bridgehead atoms. The molecule has 0 saturated heterocycles. The number of hydrogen-bond acceptors (Lipinski definition) is 11. The summed E-state index contributed by atoms with van der Waals surface area (Å²) in [5.41, 5.74) is -0.938. The molecule has 14 heteroatoms. The molecule has 3 aromatic heterocycles. The van der Waals surface area contributed by atoms with E-state index in [1.54, 1.807) is 0 Å². The lowest BCUT2D eigenvalue weighted by Crippen LogP contribution is -2.37. The van der Waals surface area contributed by atoms with E-state index in [4.69, 9.17) is 4.63 Å². The van der Waals surface area contributed by atoms with Crippen LogP contribution in [0, 0.1) is 0 Å². The number of aromatic nitrogens is 6. The number of hydrogen-bond donors (Lipinski definition) is 2. The molecule has 0 atom stereocenters. The van der Waals surface area contributed by atoms with Gasteiger partial charge in [0.2, 0.25) is 23.3 Å².